The van der Waals surface area contributed by atoms with Gasteiger partial charge < -0.3 is 10.1 Å². The largest absolute Gasteiger partial charge is 0.465 e. The summed E-state index contributed by atoms with van der Waals surface area (Å²) in [6.07, 6.45) is 2.54. The lowest BCUT2D eigenvalue weighted by Gasteiger charge is -2.08. The summed E-state index contributed by atoms with van der Waals surface area (Å²) in [6.45, 7) is 3.07. The summed E-state index contributed by atoms with van der Waals surface area (Å²) in [4.78, 5) is 11.4. The quantitative estimate of drug-likeness (QED) is 0.849. The maximum absolute atomic E-state index is 11.4. The van der Waals surface area contributed by atoms with Crippen molar-refractivity contribution in [3.63, 3.8) is 0 Å². The molecule has 0 bridgehead atoms. The monoisotopic (exact) mass is 311 g/mol. The van der Waals surface area contributed by atoms with Gasteiger partial charge in [0.15, 0.2) is 0 Å². The minimum absolute atomic E-state index is 0.302. The third-order valence-corrected chi connectivity index (χ3v) is 4.21. The van der Waals surface area contributed by atoms with Gasteiger partial charge in [-0.2, -0.15) is 0 Å². The zero-order valence-corrected chi connectivity index (χ0v) is 12.3. The Morgan fingerprint density at radius 2 is 2.33 bits per heavy atom. The minimum Gasteiger partial charge on any atom is -0.465 e. The predicted molar refractivity (Wildman–Crippen MR) is 74.5 cm³/mol. The van der Waals surface area contributed by atoms with Crippen molar-refractivity contribution in [2.75, 3.05) is 7.11 Å². The first-order valence-corrected chi connectivity index (χ1v) is 7.05. The van der Waals surface area contributed by atoms with Gasteiger partial charge in [-0.05, 0) is 30.0 Å². The van der Waals surface area contributed by atoms with Gasteiger partial charge >= 0.3 is 5.97 Å². The molecule has 1 aliphatic carbocycles. The second kappa shape index (κ2) is 5.85. The number of halogens is 1. The Labute approximate surface area is 116 Å². The van der Waals surface area contributed by atoms with Crippen molar-refractivity contribution in [2.45, 2.75) is 32.4 Å². The van der Waals surface area contributed by atoms with E-state index in [9.17, 15) is 4.79 Å². The van der Waals surface area contributed by atoms with Crippen LogP contribution < -0.4 is 5.32 Å². The van der Waals surface area contributed by atoms with E-state index in [1.54, 1.807) is 6.07 Å². The Hall–Kier alpha value is -0.870. The highest BCUT2D eigenvalue weighted by atomic mass is 79.9. The number of methoxy groups -OCH3 is 1. The summed E-state index contributed by atoms with van der Waals surface area (Å²) >= 11 is 3.50. The highest BCUT2D eigenvalue weighted by molar-refractivity contribution is 9.10. The molecule has 0 aliphatic heterocycles. The van der Waals surface area contributed by atoms with Crippen LogP contribution in [-0.2, 0) is 11.3 Å². The number of carbonyl (C=O) groups is 1. The SMILES string of the molecule is CCC1CC1NCc1ccc(C(=O)OC)cc1Br. The van der Waals surface area contributed by atoms with Gasteiger partial charge in [-0.1, -0.05) is 35.3 Å². The lowest BCUT2D eigenvalue weighted by Crippen LogP contribution is -2.18. The molecule has 1 fully saturated rings. The third-order valence-electron chi connectivity index (χ3n) is 3.48. The molecule has 0 heterocycles. The first-order valence-electron chi connectivity index (χ1n) is 6.25. The van der Waals surface area contributed by atoms with Gasteiger partial charge in [-0.3, -0.25) is 0 Å². The van der Waals surface area contributed by atoms with Crippen LogP contribution in [0.5, 0.6) is 0 Å². The Bertz CT molecular complexity index is 447. The minimum atomic E-state index is -0.302. The van der Waals surface area contributed by atoms with E-state index in [4.69, 9.17) is 4.74 Å². The lowest BCUT2D eigenvalue weighted by molar-refractivity contribution is 0.0600. The number of nitrogens with one attached hydrogen (secondary N) is 1. The van der Waals surface area contributed by atoms with Crippen LogP contribution in [0.25, 0.3) is 0 Å². The molecule has 2 rings (SSSR count). The van der Waals surface area contributed by atoms with Gasteiger partial charge in [-0.25, -0.2) is 4.79 Å². The molecule has 0 saturated heterocycles. The second-order valence-electron chi connectivity index (χ2n) is 4.69. The van der Waals surface area contributed by atoms with E-state index < -0.39 is 0 Å². The summed E-state index contributed by atoms with van der Waals surface area (Å²) in [7, 11) is 1.39. The van der Waals surface area contributed by atoms with Crippen LogP contribution in [0.3, 0.4) is 0 Å². The zero-order chi connectivity index (χ0) is 13.1. The standard InChI is InChI=1S/C14H18BrNO2/c1-3-9-7-13(9)16-8-11-5-4-10(6-12(11)15)14(17)18-2/h4-6,9,13,16H,3,7-8H2,1-2H3. The number of esters is 1. The fraction of sp³-hybridized carbons (Fsp3) is 0.500. The van der Waals surface area contributed by atoms with Crippen molar-refractivity contribution in [2.24, 2.45) is 5.92 Å². The number of carbonyl (C=O) groups excluding carboxylic acids is 1. The zero-order valence-electron chi connectivity index (χ0n) is 10.7. The number of ether oxygens (including phenoxy) is 1. The van der Waals surface area contributed by atoms with E-state index >= 15 is 0 Å². The molecule has 0 aromatic heterocycles. The van der Waals surface area contributed by atoms with Crippen LogP contribution in [0.2, 0.25) is 0 Å². The molecular weight excluding hydrogens is 294 g/mol. The van der Waals surface area contributed by atoms with Crippen LogP contribution in [0, 0.1) is 5.92 Å². The molecule has 3 nitrogen and oxygen atoms in total. The highest BCUT2D eigenvalue weighted by Gasteiger charge is 2.34. The maximum Gasteiger partial charge on any atom is 0.337 e. The summed E-state index contributed by atoms with van der Waals surface area (Å²) in [5.41, 5.74) is 1.75. The fourth-order valence-corrected chi connectivity index (χ4v) is 2.64. The Morgan fingerprint density at radius 1 is 1.56 bits per heavy atom. The molecule has 1 aromatic rings. The van der Waals surface area contributed by atoms with Gasteiger partial charge in [0.05, 0.1) is 12.7 Å². The molecule has 2 atom stereocenters. The molecule has 1 saturated carbocycles. The van der Waals surface area contributed by atoms with Crippen LogP contribution >= 0.6 is 15.9 Å². The van der Waals surface area contributed by atoms with Gasteiger partial charge in [0.25, 0.3) is 0 Å². The highest BCUT2D eigenvalue weighted by Crippen LogP contribution is 2.33. The predicted octanol–water partition coefficient (Wildman–Crippen LogP) is 3.12. The first kappa shape index (κ1) is 13.6. The van der Waals surface area contributed by atoms with Crippen LogP contribution in [0.1, 0.15) is 35.7 Å². The average Bonchev–Trinajstić information content (AvgIpc) is 3.15. The topological polar surface area (TPSA) is 38.3 Å². The normalized spacial score (nSPS) is 21.7. The van der Waals surface area contributed by atoms with Crippen LogP contribution in [-0.4, -0.2) is 19.1 Å². The van der Waals surface area contributed by atoms with Gasteiger partial charge in [0.1, 0.15) is 0 Å². The number of benzene rings is 1. The Balaban J connectivity index is 1.95. The summed E-state index contributed by atoms with van der Waals surface area (Å²) in [5, 5.41) is 3.53. The van der Waals surface area contributed by atoms with Crippen molar-refractivity contribution < 1.29 is 9.53 Å². The number of hydrogen-bond donors (Lipinski definition) is 1. The van der Waals surface area contributed by atoms with Gasteiger partial charge in [0.2, 0.25) is 0 Å². The Kier molecular flexibility index (Phi) is 4.40. The van der Waals surface area contributed by atoms with Crippen molar-refractivity contribution in [1.29, 1.82) is 0 Å². The van der Waals surface area contributed by atoms with Crippen molar-refractivity contribution >= 4 is 21.9 Å². The van der Waals surface area contributed by atoms with Gasteiger partial charge in [-0.15, -0.1) is 0 Å². The molecule has 98 valence electrons. The second-order valence-corrected chi connectivity index (χ2v) is 5.54. The summed E-state index contributed by atoms with van der Waals surface area (Å²) < 4.78 is 5.64. The Morgan fingerprint density at radius 3 is 2.89 bits per heavy atom. The molecule has 0 radical (unpaired) electrons. The molecular formula is C14H18BrNO2. The summed E-state index contributed by atoms with van der Waals surface area (Å²) in [6, 6.07) is 6.25. The van der Waals surface area contributed by atoms with E-state index in [0.717, 1.165) is 16.9 Å². The first-order chi connectivity index (χ1) is 8.65. The molecule has 1 aromatic carbocycles. The van der Waals surface area contributed by atoms with Crippen LogP contribution in [0.15, 0.2) is 22.7 Å². The smallest absolute Gasteiger partial charge is 0.337 e. The van der Waals surface area contributed by atoms with Gasteiger partial charge in [0, 0.05) is 17.1 Å². The van der Waals surface area contributed by atoms with E-state index in [1.165, 1.54) is 25.5 Å². The number of hydrogen-bond acceptors (Lipinski definition) is 3. The van der Waals surface area contributed by atoms with Crippen molar-refractivity contribution in [3.8, 4) is 0 Å². The summed E-state index contributed by atoms with van der Waals surface area (Å²) in [5.74, 6) is 0.543. The van der Waals surface area contributed by atoms with E-state index in [1.807, 2.05) is 12.1 Å². The average molecular weight is 312 g/mol. The van der Waals surface area contributed by atoms with E-state index in [0.29, 0.717) is 11.6 Å². The molecule has 2 unspecified atom stereocenters. The van der Waals surface area contributed by atoms with Crippen molar-refractivity contribution in [1.82, 2.24) is 5.32 Å². The number of rotatable bonds is 5. The third kappa shape index (κ3) is 3.12. The molecule has 18 heavy (non-hydrogen) atoms. The fourth-order valence-electron chi connectivity index (χ4n) is 2.13. The van der Waals surface area contributed by atoms with E-state index in [-0.39, 0.29) is 5.97 Å². The molecule has 0 spiro atoms. The molecule has 1 aliphatic rings. The van der Waals surface area contributed by atoms with Crippen molar-refractivity contribution in [3.05, 3.63) is 33.8 Å². The lowest BCUT2D eigenvalue weighted by atomic mass is 10.1. The molecule has 1 N–H and O–H groups in total. The molecule has 0 amide bonds. The maximum atomic E-state index is 11.4. The van der Waals surface area contributed by atoms with E-state index in [2.05, 4.69) is 28.2 Å². The molecule has 4 heteroatoms. The van der Waals surface area contributed by atoms with Crippen LogP contribution in [0.4, 0.5) is 0 Å².